The van der Waals surface area contributed by atoms with Crippen LogP contribution in [-0.2, 0) is 22.2 Å². The van der Waals surface area contributed by atoms with Crippen molar-refractivity contribution in [3.8, 4) is 45.8 Å². The monoisotopic (exact) mass is 851 g/mol. The van der Waals surface area contributed by atoms with Crippen molar-refractivity contribution >= 4 is 25.2 Å². The second-order valence-electron chi connectivity index (χ2n) is 12.1. The van der Waals surface area contributed by atoms with E-state index in [1.165, 1.54) is 29.3 Å². The molecule has 0 aliphatic rings. The van der Waals surface area contributed by atoms with Crippen LogP contribution in [0.5, 0.6) is 0 Å². The third-order valence-electron chi connectivity index (χ3n) is 8.07. The molecule has 0 atom stereocenters. The second-order valence-corrected chi connectivity index (χ2v) is 13.7. The summed E-state index contributed by atoms with van der Waals surface area (Å²) < 4.78 is 83.5. The normalized spacial score (nSPS) is 11.4. The van der Waals surface area contributed by atoms with Gasteiger partial charge in [-0.25, -0.2) is 42.1 Å². The maximum absolute atomic E-state index is 14.2. The van der Waals surface area contributed by atoms with Gasteiger partial charge in [0.05, 0.1) is 43.5 Å². The second kappa shape index (κ2) is 17.9. The molecule has 0 fully saturated rings. The number of hydrogen-bond donors (Lipinski definition) is 3. The highest BCUT2D eigenvalue weighted by molar-refractivity contribution is 7.46. The highest BCUT2D eigenvalue weighted by Crippen LogP contribution is 2.35. The molecule has 59 heavy (non-hydrogen) atoms. The van der Waals surface area contributed by atoms with Crippen LogP contribution in [0.4, 0.5) is 23.4 Å². The Morgan fingerprint density at radius 2 is 1.20 bits per heavy atom. The van der Waals surface area contributed by atoms with E-state index < -0.39 is 25.3 Å². The standard InChI is InChI=1S/C19H17F2N6O5P.C17H10ClF2N5O/c20-13-4-2-1-3-12(13)11-27-17(15-5-7-31-26-15)9-16(25-27)19-23-10-14(21)18(24-19)22-6-8-32-33(28,29)30;18-16-12(20)8-21-17(22-16)14-7-15(13-5-6-26-24-13)25(23-14)9-10-3-1-2-4-11(10)19/h1-5,7,9-10H,6,8,11H2,(H,22,23,24)(H2,28,29,30);1-8H,9H2. The molecule has 6 heterocycles. The van der Waals surface area contributed by atoms with Gasteiger partial charge in [-0.05, 0) is 24.3 Å². The molecule has 0 aliphatic carbocycles. The summed E-state index contributed by atoms with van der Waals surface area (Å²) in [6.45, 7) is -0.258. The molecule has 17 nitrogen and oxygen atoms in total. The molecule has 0 bridgehead atoms. The fourth-order valence-electron chi connectivity index (χ4n) is 5.39. The van der Waals surface area contributed by atoms with Crippen molar-refractivity contribution in [3.05, 3.63) is 137 Å². The molecule has 0 amide bonds. The van der Waals surface area contributed by atoms with Crippen molar-refractivity contribution in [2.75, 3.05) is 18.5 Å². The lowest BCUT2D eigenvalue weighted by Gasteiger charge is -2.08. The van der Waals surface area contributed by atoms with E-state index in [1.807, 2.05) is 0 Å². The number of hydrogen-bond acceptors (Lipinski definition) is 13. The maximum Gasteiger partial charge on any atom is 0.469 e. The SMILES string of the molecule is Fc1ccccc1Cn1nc(-c2ncc(F)c(Cl)n2)cc1-c1ccon1.O=P(O)(O)OCCNc1nc(-c2cc(-c3ccon3)n(Cc3ccccc3F)n2)ncc1F. The zero-order valence-electron chi connectivity index (χ0n) is 29.9. The lowest BCUT2D eigenvalue weighted by molar-refractivity contribution is 0.204. The van der Waals surface area contributed by atoms with Gasteiger partial charge in [-0.3, -0.25) is 13.9 Å². The van der Waals surface area contributed by atoms with Gasteiger partial charge in [0.1, 0.15) is 46.9 Å². The van der Waals surface area contributed by atoms with Crippen LogP contribution >= 0.6 is 19.4 Å². The highest BCUT2D eigenvalue weighted by atomic mass is 35.5. The molecule has 0 spiro atoms. The fourth-order valence-corrected chi connectivity index (χ4v) is 5.85. The van der Waals surface area contributed by atoms with Crippen molar-refractivity contribution in [2.45, 2.75) is 13.1 Å². The zero-order valence-corrected chi connectivity index (χ0v) is 31.6. The van der Waals surface area contributed by atoms with Gasteiger partial charge >= 0.3 is 7.82 Å². The van der Waals surface area contributed by atoms with Gasteiger partial charge in [-0.15, -0.1) is 0 Å². The molecule has 6 aromatic heterocycles. The number of benzene rings is 2. The Labute approximate surface area is 334 Å². The first-order valence-electron chi connectivity index (χ1n) is 17.0. The lowest BCUT2D eigenvalue weighted by Crippen LogP contribution is -2.12. The Morgan fingerprint density at radius 3 is 1.68 bits per heavy atom. The van der Waals surface area contributed by atoms with Crippen molar-refractivity contribution in [2.24, 2.45) is 0 Å². The fraction of sp³-hybridized carbons (Fsp3) is 0.111. The summed E-state index contributed by atoms with van der Waals surface area (Å²) in [6.07, 6.45) is 4.70. The zero-order chi connectivity index (χ0) is 41.5. The third kappa shape index (κ3) is 10.1. The first-order chi connectivity index (χ1) is 28.4. The van der Waals surface area contributed by atoms with Gasteiger partial charge in [0.15, 0.2) is 34.3 Å². The Hall–Kier alpha value is -6.64. The number of phosphoric ester groups is 1. The average Bonchev–Trinajstić information content (AvgIpc) is 4.05. The van der Waals surface area contributed by atoms with E-state index in [1.54, 1.807) is 65.3 Å². The van der Waals surface area contributed by atoms with E-state index in [2.05, 4.69) is 50.3 Å². The largest absolute Gasteiger partial charge is 0.469 e. The Kier molecular flexibility index (Phi) is 12.3. The van der Waals surface area contributed by atoms with Crippen molar-refractivity contribution in [1.82, 2.24) is 49.8 Å². The number of phosphoric acid groups is 1. The summed E-state index contributed by atoms with van der Waals surface area (Å²) in [5.41, 5.74) is 3.48. The smallest absolute Gasteiger partial charge is 0.365 e. The van der Waals surface area contributed by atoms with Crippen molar-refractivity contribution < 1.29 is 45.5 Å². The summed E-state index contributed by atoms with van der Waals surface area (Å²) in [4.78, 5) is 33.3. The molecule has 0 saturated carbocycles. The topological polar surface area (TPSA) is 218 Å². The van der Waals surface area contributed by atoms with Gasteiger partial charge < -0.3 is 24.1 Å². The predicted octanol–water partition coefficient (Wildman–Crippen LogP) is 6.82. The van der Waals surface area contributed by atoms with E-state index in [4.69, 9.17) is 30.4 Å². The van der Waals surface area contributed by atoms with Crippen LogP contribution < -0.4 is 5.32 Å². The summed E-state index contributed by atoms with van der Waals surface area (Å²) >= 11 is 5.72. The number of nitrogens with zero attached hydrogens (tertiary/aromatic N) is 10. The molecule has 0 radical (unpaired) electrons. The number of anilines is 1. The van der Waals surface area contributed by atoms with Crippen LogP contribution in [-0.4, -0.2) is 72.7 Å². The summed E-state index contributed by atoms with van der Waals surface area (Å²) in [6, 6.07) is 19.2. The maximum atomic E-state index is 14.2. The van der Waals surface area contributed by atoms with E-state index in [-0.39, 0.29) is 60.4 Å². The number of rotatable bonds is 13. The molecule has 0 saturated heterocycles. The molecular formula is C36H27ClF4N11O6P. The predicted molar refractivity (Wildman–Crippen MR) is 200 cm³/mol. The minimum absolute atomic E-state index is 0.0619. The van der Waals surface area contributed by atoms with Gasteiger partial charge in [-0.2, -0.15) is 10.2 Å². The molecule has 23 heteroatoms. The highest BCUT2D eigenvalue weighted by Gasteiger charge is 2.20. The molecule has 3 N–H and O–H groups in total. The van der Waals surface area contributed by atoms with Crippen molar-refractivity contribution in [3.63, 3.8) is 0 Å². The van der Waals surface area contributed by atoms with Gasteiger partial charge in [0, 0.05) is 29.8 Å². The van der Waals surface area contributed by atoms with Crippen LogP contribution in [0, 0.1) is 23.3 Å². The van der Waals surface area contributed by atoms with Crippen LogP contribution in [0.2, 0.25) is 5.15 Å². The molecule has 8 rings (SSSR count). The quantitative estimate of drug-likeness (QED) is 0.0469. The molecule has 8 aromatic rings. The van der Waals surface area contributed by atoms with Crippen LogP contribution in [0.3, 0.4) is 0 Å². The van der Waals surface area contributed by atoms with E-state index in [0.717, 1.165) is 12.4 Å². The minimum atomic E-state index is -4.64. The van der Waals surface area contributed by atoms with E-state index in [0.29, 0.717) is 39.6 Å². The van der Waals surface area contributed by atoms with Gasteiger partial charge in [0.25, 0.3) is 0 Å². The van der Waals surface area contributed by atoms with Crippen LogP contribution in [0.25, 0.3) is 45.8 Å². The van der Waals surface area contributed by atoms with Gasteiger partial charge in [-0.1, -0.05) is 58.3 Å². The number of aromatic nitrogens is 10. The Bertz CT molecular complexity index is 2730. The third-order valence-corrected chi connectivity index (χ3v) is 8.86. The minimum Gasteiger partial charge on any atom is -0.365 e. The van der Waals surface area contributed by atoms with Gasteiger partial charge in [0.2, 0.25) is 0 Å². The Morgan fingerprint density at radius 1 is 0.695 bits per heavy atom. The molecule has 0 aliphatic heterocycles. The first-order valence-corrected chi connectivity index (χ1v) is 18.9. The lowest BCUT2D eigenvalue weighted by atomic mass is 10.2. The van der Waals surface area contributed by atoms with Crippen molar-refractivity contribution in [1.29, 1.82) is 0 Å². The Balaban J connectivity index is 0.000000184. The molecular weight excluding hydrogens is 825 g/mol. The van der Waals surface area contributed by atoms with Crippen LogP contribution in [0.1, 0.15) is 11.1 Å². The number of nitrogens with one attached hydrogen (secondary N) is 1. The molecule has 302 valence electrons. The summed E-state index contributed by atoms with van der Waals surface area (Å²) in [7, 11) is -4.64. The van der Waals surface area contributed by atoms with Crippen LogP contribution in [0.15, 0.2) is 107 Å². The average molecular weight is 852 g/mol. The summed E-state index contributed by atoms with van der Waals surface area (Å²) in [5, 5.41) is 18.9. The molecule has 0 unspecified atom stereocenters. The van der Waals surface area contributed by atoms with E-state index >= 15 is 0 Å². The summed E-state index contributed by atoms with van der Waals surface area (Å²) in [5.74, 6) is -2.25. The first kappa shape index (κ1) is 40.6. The van der Waals surface area contributed by atoms with E-state index in [9.17, 15) is 22.1 Å². The number of halogens is 5. The molecule has 2 aromatic carbocycles.